The van der Waals surface area contributed by atoms with E-state index in [1.54, 1.807) is 18.2 Å². The summed E-state index contributed by atoms with van der Waals surface area (Å²) in [5.74, 6) is -0.303. The van der Waals surface area contributed by atoms with Gasteiger partial charge in [0.25, 0.3) is 0 Å². The number of rotatable bonds is 7. The van der Waals surface area contributed by atoms with E-state index in [1.165, 1.54) is 6.07 Å². The van der Waals surface area contributed by atoms with Crippen molar-refractivity contribution in [3.63, 3.8) is 0 Å². The Kier molecular flexibility index (Phi) is 6.77. The largest absolute Gasteiger partial charge is 0.493 e. The fraction of sp³-hybridized carbons (Fsp3) is 0.462. The second kappa shape index (κ2) is 8.09. The average Bonchev–Trinajstić information content (AvgIpc) is 2.36. The predicted octanol–water partition coefficient (Wildman–Crippen LogP) is 2.49. The van der Waals surface area contributed by atoms with Gasteiger partial charge >= 0.3 is 6.18 Å². The molecule has 1 rings (SSSR count). The molecule has 0 saturated heterocycles. The maximum Gasteiger partial charge on any atom is 0.406 e. The number of hydrogen-bond acceptors (Lipinski definition) is 3. The van der Waals surface area contributed by atoms with Crippen molar-refractivity contribution in [2.45, 2.75) is 12.6 Å². The second-order valence-electron chi connectivity index (χ2n) is 4.21. The van der Waals surface area contributed by atoms with Crippen molar-refractivity contribution in [3.05, 3.63) is 29.3 Å². The summed E-state index contributed by atoms with van der Waals surface area (Å²) in [6, 6.07) is 6.46. The molecule has 1 N–H and O–H groups in total. The van der Waals surface area contributed by atoms with Crippen LogP contribution in [-0.4, -0.2) is 48.4 Å². The first-order chi connectivity index (χ1) is 9.81. The monoisotopic (exact) mass is 325 g/mol. The lowest BCUT2D eigenvalue weighted by Crippen LogP contribution is -2.41. The third kappa shape index (κ3) is 7.19. The maximum absolute atomic E-state index is 12.3. The van der Waals surface area contributed by atoms with Crippen LogP contribution in [0.5, 0.6) is 5.75 Å². The molecule has 0 aliphatic rings. The van der Waals surface area contributed by atoms with E-state index in [0.717, 1.165) is 0 Å². The highest BCUT2D eigenvalue weighted by molar-refractivity contribution is 6.30. The van der Waals surface area contributed by atoms with Crippen LogP contribution >= 0.6 is 11.6 Å². The van der Waals surface area contributed by atoms with Crippen molar-refractivity contribution in [1.29, 1.82) is 0 Å². The highest BCUT2D eigenvalue weighted by atomic mass is 35.5. The van der Waals surface area contributed by atoms with Gasteiger partial charge in [0.05, 0.1) is 19.6 Å². The summed E-state index contributed by atoms with van der Waals surface area (Å²) in [5, 5.41) is 9.17. The smallest absolute Gasteiger partial charge is 0.406 e. The SMILES string of the molecule is O=C(CCOc1cccc(Cl)c1)N(CCO)CC(F)(F)F. The highest BCUT2D eigenvalue weighted by Gasteiger charge is 2.32. The van der Waals surface area contributed by atoms with Crippen molar-refractivity contribution >= 4 is 17.5 Å². The minimum atomic E-state index is -4.50. The van der Waals surface area contributed by atoms with E-state index in [2.05, 4.69) is 0 Å². The van der Waals surface area contributed by atoms with Crippen molar-refractivity contribution in [2.75, 3.05) is 26.3 Å². The zero-order valence-corrected chi connectivity index (χ0v) is 11.8. The number of amides is 1. The van der Waals surface area contributed by atoms with Crippen LogP contribution in [0.2, 0.25) is 5.02 Å². The van der Waals surface area contributed by atoms with Gasteiger partial charge < -0.3 is 14.7 Å². The van der Waals surface area contributed by atoms with Gasteiger partial charge in [-0.25, -0.2) is 0 Å². The number of hydrogen-bond donors (Lipinski definition) is 1. The van der Waals surface area contributed by atoms with Crippen molar-refractivity contribution < 1.29 is 27.8 Å². The normalized spacial score (nSPS) is 11.3. The van der Waals surface area contributed by atoms with E-state index in [1.807, 2.05) is 0 Å². The molecule has 0 aromatic heterocycles. The molecule has 0 radical (unpaired) electrons. The van der Waals surface area contributed by atoms with Gasteiger partial charge in [0.1, 0.15) is 12.3 Å². The molecule has 1 aromatic rings. The number of ether oxygens (including phenoxy) is 1. The van der Waals surface area contributed by atoms with Crippen LogP contribution in [0, 0.1) is 0 Å². The first kappa shape index (κ1) is 17.6. The van der Waals surface area contributed by atoms with Gasteiger partial charge in [-0.15, -0.1) is 0 Å². The van der Waals surface area contributed by atoms with Crippen LogP contribution < -0.4 is 4.74 Å². The van der Waals surface area contributed by atoms with Crippen LogP contribution in [0.15, 0.2) is 24.3 Å². The van der Waals surface area contributed by atoms with Crippen LogP contribution in [0.25, 0.3) is 0 Å². The maximum atomic E-state index is 12.3. The first-order valence-electron chi connectivity index (χ1n) is 6.15. The molecule has 1 amide bonds. The molecule has 0 saturated carbocycles. The van der Waals surface area contributed by atoms with Gasteiger partial charge in [-0.3, -0.25) is 4.79 Å². The summed E-state index contributed by atoms with van der Waals surface area (Å²) in [7, 11) is 0. The summed E-state index contributed by atoms with van der Waals surface area (Å²) in [4.78, 5) is 12.2. The van der Waals surface area contributed by atoms with Crippen LogP contribution in [0.3, 0.4) is 0 Å². The Morgan fingerprint density at radius 1 is 1.38 bits per heavy atom. The number of carbonyl (C=O) groups excluding carboxylic acids is 1. The van der Waals surface area contributed by atoms with Gasteiger partial charge in [0.15, 0.2) is 0 Å². The van der Waals surface area contributed by atoms with E-state index < -0.39 is 25.2 Å². The summed E-state index contributed by atoms with van der Waals surface area (Å²) in [6.45, 7) is -2.35. The number of benzene rings is 1. The number of aliphatic hydroxyl groups excluding tert-OH is 1. The third-order valence-electron chi connectivity index (χ3n) is 2.47. The van der Waals surface area contributed by atoms with Crippen molar-refractivity contribution in [1.82, 2.24) is 4.90 Å². The minimum Gasteiger partial charge on any atom is -0.493 e. The Labute approximate surface area is 125 Å². The van der Waals surface area contributed by atoms with E-state index in [4.69, 9.17) is 21.4 Å². The van der Waals surface area contributed by atoms with Crippen LogP contribution in [0.4, 0.5) is 13.2 Å². The van der Waals surface area contributed by atoms with Crippen molar-refractivity contribution in [2.24, 2.45) is 0 Å². The molecular formula is C13H15ClF3NO3. The van der Waals surface area contributed by atoms with Gasteiger partial charge in [-0.1, -0.05) is 17.7 Å². The minimum absolute atomic E-state index is 0.0705. The van der Waals surface area contributed by atoms with Gasteiger partial charge in [0.2, 0.25) is 5.91 Å². The Balaban J connectivity index is 2.46. The third-order valence-corrected chi connectivity index (χ3v) is 2.71. The van der Waals surface area contributed by atoms with Crippen molar-refractivity contribution in [3.8, 4) is 5.75 Å². The van der Waals surface area contributed by atoms with Crippen LogP contribution in [-0.2, 0) is 4.79 Å². The number of halogens is 4. The van der Waals surface area contributed by atoms with E-state index in [0.29, 0.717) is 15.7 Å². The Bertz CT molecular complexity index is 468. The molecule has 0 fully saturated rings. The molecule has 0 unspecified atom stereocenters. The Morgan fingerprint density at radius 3 is 2.67 bits per heavy atom. The molecule has 0 bridgehead atoms. The Morgan fingerprint density at radius 2 is 2.10 bits per heavy atom. The number of alkyl halides is 3. The molecule has 0 aliphatic heterocycles. The molecule has 0 aliphatic carbocycles. The molecule has 0 heterocycles. The summed E-state index contributed by atoms with van der Waals surface area (Å²) < 4.78 is 42.1. The van der Waals surface area contributed by atoms with Gasteiger partial charge in [-0.05, 0) is 18.2 Å². The quantitative estimate of drug-likeness (QED) is 0.838. The molecule has 8 heteroatoms. The zero-order valence-electron chi connectivity index (χ0n) is 11.1. The topological polar surface area (TPSA) is 49.8 Å². The molecule has 118 valence electrons. The lowest BCUT2D eigenvalue weighted by molar-refractivity contribution is -0.162. The molecule has 4 nitrogen and oxygen atoms in total. The number of nitrogens with zero attached hydrogens (tertiary/aromatic N) is 1. The number of carbonyl (C=O) groups is 1. The summed E-state index contributed by atoms with van der Waals surface area (Å²) in [5.41, 5.74) is 0. The van der Waals surface area contributed by atoms with E-state index in [-0.39, 0.29) is 19.6 Å². The Hall–Kier alpha value is -1.47. The molecule has 21 heavy (non-hydrogen) atoms. The zero-order chi connectivity index (χ0) is 15.9. The lowest BCUT2D eigenvalue weighted by atomic mass is 10.3. The fourth-order valence-electron chi connectivity index (χ4n) is 1.60. The number of aliphatic hydroxyl groups is 1. The molecule has 0 spiro atoms. The lowest BCUT2D eigenvalue weighted by Gasteiger charge is -2.23. The summed E-state index contributed by atoms with van der Waals surface area (Å²) >= 11 is 5.74. The molecule has 0 atom stereocenters. The standard InChI is InChI=1S/C13H15ClF3NO3/c14-10-2-1-3-11(8-10)21-7-4-12(20)18(5-6-19)9-13(15,16)17/h1-3,8,19H,4-7,9H2. The van der Waals surface area contributed by atoms with E-state index in [9.17, 15) is 18.0 Å². The second-order valence-corrected chi connectivity index (χ2v) is 4.65. The summed E-state index contributed by atoms with van der Waals surface area (Å²) in [6.07, 6.45) is -4.72. The van der Waals surface area contributed by atoms with Gasteiger partial charge in [-0.2, -0.15) is 13.2 Å². The van der Waals surface area contributed by atoms with Gasteiger partial charge in [0, 0.05) is 11.6 Å². The molecular weight excluding hydrogens is 311 g/mol. The molecule has 1 aromatic carbocycles. The predicted molar refractivity (Wildman–Crippen MR) is 71.3 cm³/mol. The highest BCUT2D eigenvalue weighted by Crippen LogP contribution is 2.18. The van der Waals surface area contributed by atoms with E-state index >= 15 is 0 Å². The first-order valence-corrected chi connectivity index (χ1v) is 6.53. The fourth-order valence-corrected chi connectivity index (χ4v) is 1.78. The average molecular weight is 326 g/mol. The van der Waals surface area contributed by atoms with Crippen LogP contribution in [0.1, 0.15) is 6.42 Å².